The predicted molar refractivity (Wildman–Crippen MR) is 79.2 cm³/mol. The Morgan fingerprint density at radius 2 is 1.89 bits per heavy atom. The normalized spacial score (nSPS) is 24.4. The number of ether oxygens (including phenoxy) is 1. The van der Waals surface area contributed by atoms with E-state index in [0.717, 1.165) is 12.8 Å². The third-order valence-electron chi connectivity index (χ3n) is 3.36. The minimum absolute atomic E-state index is 0.280. The molecule has 19 heavy (non-hydrogen) atoms. The van der Waals surface area contributed by atoms with E-state index in [0.29, 0.717) is 5.92 Å². The van der Waals surface area contributed by atoms with Crippen LogP contribution in [-0.2, 0) is 4.74 Å². The van der Waals surface area contributed by atoms with E-state index in [2.05, 4.69) is 24.4 Å². The number of rotatable bonds is 4. The molecule has 0 aromatic rings. The highest BCUT2D eigenvalue weighted by molar-refractivity contribution is 5.68. The molecule has 3 nitrogen and oxygen atoms in total. The average Bonchev–Trinajstić information content (AvgIpc) is 2.29. The summed E-state index contributed by atoms with van der Waals surface area (Å²) in [6.07, 6.45) is 11.2. The van der Waals surface area contributed by atoms with Gasteiger partial charge in [-0.15, -0.1) is 0 Å². The van der Waals surface area contributed by atoms with E-state index in [1.807, 2.05) is 20.8 Å². The minimum Gasteiger partial charge on any atom is -0.444 e. The van der Waals surface area contributed by atoms with Crippen LogP contribution in [0.1, 0.15) is 66.2 Å². The highest BCUT2D eigenvalue weighted by Gasteiger charge is 2.23. The van der Waals surface area contributed by atoms with Crippen LogP contribution in [0.4, 0.5) is 4.79 Å². The lowest BCUT2D eigenvalue weighted by molar-refractivity contribution is 0.0490. The van der Waals surface area contributed by atoms with Crippen molar-refractivity contribution in [2.24, 2.45) is 5.92 Å². The first-order chi connectivity index (χ1) is 8.90. The fraction of sp³-hybridized carbons (Fsp3) is 0.812. The van der Waals surface area contributed by atoms with Crippen LogP contribution in [0.15, 0.2) is 12.2 Å². The number of allylic oxidation sites excluding steroid dienone is 2. The standard InChI is InChI=1S/C16H29NO2/c1-5-6-7-8-13-9-11-14(12-10-13)17-15(18)19-16(2,3)4/h7-8,13-14H,5-6,9-12H2,1-4H3,(H,17,18). The van der Waals surface area contributed by atoms with E-state index < -0.39 is 5.60 Å². The highest BCUT2D eigenvalue weighted by atomic mass is 16.6. The van der Waals surface area contributed by atoms with Crippen molar-refractivity contribution in [1.29, 1.82) is 0 Å². The van der Waals surface area contributed by atoms with Crippen LogP contribution in [0.3, 0.4) is 0 Å². The van der Waals surface area contributed by atoms with E-state index in [4.69, 9.17) is 4.74 Å². The van der Waals surface area contributed by atoms with Gasteiger partial charge in [-0.3, -0.25) is 0 Å². The quantitative estimate of drug-likeness (QED) is 0.765. The molecule has 0 bridgehead atoms. The van der Waals surface area contributed by atoms with Gasteiger partial charge in [0.1, 0.15) is 5.60 Å². The number of nitrogens with one attached hydrogen (secondary N) is 1. The van der Waals surface area contributed by atoms with Crippen LogP contribution in [0.25, 0.3) is 0 Å². The molecule has 0 unspecified atom stereocenters. The van der Waals surface area contributed by atoms with Gasteiger partial charge in [-0.1, -0.05) is 25.5 Å². The minimum atomic E-state index is -0.413. The van der Waals surface area contributed by atoms with Gasteiger partial charge in [0, 0.05) is 6.04 Å². The molecule has 1 amide bonds. The monoisotopic (exact) mass is 267 g/mol. The lowest BCUT2D eigenvalue weighted by Gasteiger charge is -2.28. The van der Waals surface area contributed by atoms with E-state index >= 15 is 0 Å². The molecule has 110 valence electrons. The zero-order valence-corrected chi connectivity index (χ0v) is 12.9. The summed E-state index contributed by atoms with van der Waals surface area (Å²) in [4.78, 5) is 11.7. The topological polar surface area (TPSA) is 38.3 Å². The summed E-state index contributed by atoms with van der Waals surface area (Å²) < 4.78 is 5.28. The molecule has 0 atom stereocenters. The smallest absolute Gasteiger partial charge is 0.407 e. The van der Waals surface area contributed by atoms with Gasteiger partial charge in [0.25, 0.3) is 0 Å². The molecular formula is C16H29NO2. The molecule has 1 rings (SSSR count). The van der Waals surface area contributed by atoms with Crippen LogP contribution < -0.4 is 5.32 Å². The SMILES string of the molecule is CCCC=CC1CCC(NC(=O)OC(C)(C)C)CC1. The molecule has 0 radical (unpaired) electrons. The van der Waals surface area contributed by atoms with Crippen LogP contribution >= 0.6 is 0 Å². The van der Waals surface area contributed by atoms with Crippen molar-refractivity contribution in [3.63, 3.8) is 0 Å². The van der Waals surface area contributed by atoms with Gasteiger partial charge < -0.3 is 10.1 Å². The maximum atomic E-state index is 11.7. The Balaban J connectivity index is 2.25. The van der Waals surface area contributed by atoms with Gasteiger partial charge in [-0.2, -0.15) is 0 Å². The third kappa shape index (κ3) is 7.24. The maximum absolute atomic E-state index is 11.7. The van der Waals surface area contributed by atoms with Gasteiger partial charge in [0.05, 0.1) is 0 Å². The molecule has 1 saturated carbocycles. The van der Waals surface area contributed by atoms with Crippen molar-refractivity contribution in [1.82, 2.24) is 5.32 Å². The Morgan fingerprint density at radius 1 is 1.26 bits per heavy atom. The van der Waals surface area contributed by atoms with E-state index in [9.17, 15) is 4.79 Å². The van der Waals surface area contributed by atoms with Crippen molar-refractivity contribution in [3.8, 4) is 0 Å². The molecule has 0 aliphatic heterocycles. The molecular weight excluding hydrogens is 238 g/mol. The van der Waals surface area contributed by atoms with Gasteiger partial charge in [0.15, 0.2) is 0 Å². The Morgan fingerprint density at radius 3 is 2.42 bits per heavy atom. The fourth-order valence-electron chi connectivity index (χ4n) is 2.39. The summed E-state index contributed by atoms with van der Waals surface area (Å²) in [6, 6.07) is 0.283. The first-order valence-corrected chi connectivity index (χ1v) is 7.57. The molecule has 0 heterocycles. The summed E-state index contributed by atoms with van der Waals surface area (Å²) in [5, 5.41) is 2.98. The first-order valence-electron chi connectivity index (χ1n) is 7.57. The number of amides is 1. The third-order valence-corrected chi connectivity index (χ3v) is 3.36. The summed E-state index contributed by atoms with van der Waals surface area (Å²) >= 11 is 0. The summed E-state index contributed by atoms with van der Waals surface area (Å²) in [7, 11) is 0. The number of carbonyl (C=O) groups excluding carboxylic acids is 1. The Hall–Kier alpha value is -0.990. The summed E-state index contributed by atoms with van der Waals surface area (Å²) in [5.41, 5.74) is -0.413. The fourth-order valence-corrected chi connectivity index (χ4v) is 2.39. The second-order valence-electron chi connectivity index (χ2n) is 6.47. The van der Waals surface area contributed by atoms with Gasteiger partial charge in [0.2, 0.25) is 0 Å². The van der Waals surface area contributed by atoms with Crippen LogP contribution in [0, 0.1) is 5.92 Å². The van der Waals surface area contributed by atoms with Crippen LogP contribution in [0.5, 0.6) is 0 Å². The second kappa shape index (κ2) is 7.56. The lowest BCUT2D eigenvalue weighted by atomic mass is 9.86. The molecule has 0 aromatic heterocycles. The zero-order valence-electron chi connectivity index (χ0n) is 12.9. The Kier molecular flexibility index (Phi) is 6.40. The van der Waals surface area contributed by atoms with Crippen LogP contribution in [-0.4, -0.2) is 17.7 Å². The Bertz CT molecular complexity index is 296. The molecule has 3 heteroatoms. The number of unbranched alkanes of at least 4 members (excludes halogenated alkanes) is 1. The molecule has 1 aliphatic rings. The van der Waals surface area contributed by atoms with E-state index in [1.165, 1.54) is 25.7 Å². The molecule has 0 saturated heterocycles. The average molecular weight is 267 g/mol. The number of hydrogen-bond acceptors (Lipinski definition) is 2. The first kappa shape index (κ1) is 16.1. The lowest BCUT2D eigenvalue weighted by Crippen LogP contribution is -2.40. The predicted octanol–water partition coefficient (Wildman–Crippen LogP) is 4.43. The number of carbonyl (C=O) groups is 1. The van der Waals surface area contributed by atoms with Crippen LogP contribution in [0.2, 0.25) is 0 Å². The molecule has 1 aliphatic carbocycles. The molecule has 0 aromatic carbocycles. The number of hydrogen-bond donors (Lipinski definition) is 1. The van der Waals surface area contributed by atoms with Crippen molar-refractivity contribution in [2.75, 3.05) is 0 Å². The van der Waals surface area contributed by atoms with Gasteiger partial charge in [-0.05, 0) is 58.8 Å². The van der Waals surface area contributed by atoms with E-state index in [-0.39, 0.29) is 12.1 Å². The van der Waals surface area contributed by atoms with E-state index in [1.54, 1.807) is 0 Å². The molecule has 1 fully saturated rings. The van der Waals surface area contributed by atoms with Crippen molar-refractivity contribution in [3.05, 3.63) is 12.2 Å². The summed E-state index contributed by atoms with van der Waals surface area (Å²) in [6.45, 7) is 7.87. The second-order valence-corrected chi connectivity index (χ2v) is 6.47. The Labute approximate surface area is 117 Å². The molecule has 1 N–H and O–H groups in total. The summed E-state index contributed by atoms with van der Waals surface area (Å²) in [5.74, 6) is 0.697. The number of alkyl carbamates (subject to hydrolysis) is 1. The van der Waals surface area contributed by atoms with Gasteiger partial charge >= 0.3 is 6.09 Å². The zero-order chi connectivity index (χ0) is 14.3. The van der Waals surface area contributed by atoms with Crippen molar-refractivity contribution >= 4 is 6.09 Å². The molecule has 0 spiro atoms. The maximum Gasteiger partial charge on any atom is 0.407 e. The largest absolute Gasteiger partial charge is 0.444 e. The van der Waals surface area contributed by atoms with Crippen molar-refractivity contribution < 1.29 is 9.53 Å². The van der Waals surface area contributed by atoms with Gasteiger partial charge in [-0.25, -0.2) is 4.79 Å². The highest BCUT2D eigenvalue weighted by Crippen LogP contribution is 2.25. The van der Waals surface area contributed by atoms with Crippen molar-refractivity contribution in [2.45, 2.75) is 77.9 Å².